The van der Waals surface area contributed by atoms with Crippen LogP contribution in [0.1, 0.15) is 29.8 Å². The number of amides is 1. The van der Waals surface area contributed by atoms with Gasteiger partial charge in [-0.3, -0.25) is 9.52 Å². The zero-order chi connectivity index (χ0) is 28.1. The van der Waals surface area contributed by atoms with Gasteiger partial charge in [0.05, 0.1) is 40.9 Å². The van der Waals surface area contributed by atoms with E-state index < -0.39 is 40.1 Å². The second-order valence-electron chi connectivity index (χ2n) is 8.82. The van der Waals surface area contributed by atoms with Crippen LogP contribution in [0.4, 0.5) is 37.5 Å². The molecule has 0 fully saturated rings. The summed E-state index contributed by atoms with van der Waals surface area (Å²) in [6.07, 6.45) is 1.58. The first kappa shape index (κ1) is 28.2. The fraction of sp³-hybridized carbons (Fsp3) is 0.250. The van der Waals surface area contributed by atoms with Crippen LogP contribution in [0.5, 0.6) is 0 Å². The van der Waals surface area contributed by atoms with Crippen LogP contribution in [0, 0.1) is 17.1 Å². The first-order valence-corrected chi connectivity index (χ1v) is 13.0. The van der Waals surface area contributed by atoms with E-state index in [1.165, 1.54) is 38.2 Å². The van der Waals surface area contributed by atoms with Crippen molar-refractivity contribution in [1.82, 2.24) is 15.3 Å². The number of alkyl halides is 1. The molecule has 2 heterocycles. The van der Waals surface area contributed by atoms with Gasteiger partial charge in [0.1, 0.15) is 18.1 Å². The minimum atomic E-state index is -3.55. The molecule has 11 nitrogen and oxygen atoms in total. The van der Waals surface area contributed by atoms with E-state index in [9.17, 15) is 27.1 Å². The molecule has 0 saturated carbocycles. The van der Waals surface area contributed by atoms with Gasteiger partial charge in [-0.1, -0.05) is 6.07 Å². The zero-order valence-electron chi connectivity index (χ0n) is 20.6. The maximum absolute atomic E-state index is 14.3. The number of nitrogens with one attached hydrogen (secondary N) is 4. The maximum Gasteiger partial charge on any atom is 0.255 e. The Hall–Kier alpha value is -4.35. The van der Waals surface area contributed by atoms with Crippen molar-refractivity contribution in [1.29, 1.82) is 5.26 Å². The third-order valence-corrected chi connectivity index (χ3v) is 5.63. The lowest BCUT2D eigenvalue weighted by molar-refractivity contribution is -0.00177. The van der Waals surface area contributed by atoms with E-state index in [1.807, 2.05) is 0 Å². The van der Waals surface area contributed by atoms with E-state index >= 15 is 0 Å². The summed E-state index contributed by atoms with van der Waals surface area (Å²) in [7, 11) is -3.55. The Bertz CT molecular complexity index is 1490. The molecule has 1 unspecified atom stereocenters. The minimum Gasteiger partial charge on any atom is -0.387 e. The van der Waals surface area contributed by atoms with Gasteiger partial charge in [-0.2, -0.15) is 5.26 Å². The number of rotatable bonds is 10. The largest absolute Gasteiger partial charge is 0.387 e. The number of pyridine rings is 2. The topological polar surface area (TPSA) is 169 Å². The zero-order valence-corrected chi connectivity index (χ0v) is 21.4. The number of carbonyl (C=O) groups is 1. The van der Waals surface area contributed by atoms with Gasteiger partial charge in [0.15, 0.2) is 11.6 Å². The second-order valence-corrected chi connectivity index (χ2v) is 10.6. The number of hydrogen-bond acceptors (Lipinski definition) is 9. The predicted octanol–water partition coefficient (Wildman–Crippen LogP) is 3.18. The number of sulfonamides is 1. The lowest BCUT2D eigenvalue weighted by Crippen LogP contribution is -2.42. The molecule has 3 rings (SSSR count). The van der Waals surface area contributed by atoms with E-state index in [2.05, 4.69) is 30.6 Å². The Morgan fingerprint density at radius 1 is 1.16 bits per heavy atom. The Morgan fingerprint density at radius 2 is 1.87 bits per heavy atom. The molecule has 14 heteroatoms. The third-order valence-electron chi connectivity index (χ3n) is 5.02. The summed E-state index contributed by atoms with van der Waals surface area (Å²) in [4.78, 5) is 20.8. The first-order valence-electron chi connectivity index (χ1n) is 11.1. The number of nitriles is 1. The smallest absolute Gasteiger partial charge is 0.255 e. The Kier molecular flexibility index (Phi) is 8.44. The molecule has 5 N–H and O–H groups in total. The molecule has 0 aliphatic heterocycles. The number of aromatic nitrogens is 2. The van der Waals surface area contributed by atoms with Crippen LogP contribution in [0.25, 0.3) is 0 Å². The standard InChI is InChI=1S/C24H25F2N7O4S/c1-24(2,35)20(26)13-30-23(34)17-12-28-21(32-22-18(25)7-14(10-27)11-29-22)9-19(17)31-15-5-4-6-16(8-15)33-38(3,36)37/h4-9,11-12,20,33,35H,13H2,1-3H3,(H,30,34)(H2,28,29,31,32). The van der Waals surface area contributed by atoms with E-state index in [-0.39, 0.29) is 34.1 Å². The maximum atomic E-state index is 14.3. The average molecular weight is 546 g/mol. The monoisotopic (exact) mass is 545 g/mol. The van der Waals surface area contributed by atoms with E-state index in [4.69, 9.17) is 5.26 Å². The van der Waals surface area contributed by atoms with Crippen molar-refractivity contribution in [2.75, 3.05) is 28.2 Å². The average Bonchev–Trinajstić information content (AvgIpc) is 2.82. The van der Waals surface area contributed by atoms with Crippen molar-refractivity contribution in [2.45, 2.75) is 25.6 Å². The summed E-state index contributed by atoms with van der Waals surface area (Å²) in [5.41, 5.74) is -0.878. The van der Waals surface area contributed by atoms with Gasteiger partial charge in [-0.15, -0.1) is 0 Å². The van der Waals surface area contributed by atoms with Crippen LogP contribution in [-0.4, -0.2) is 54.0 Å². The molecule has 0 spiro atoms. The highest BCUT2D eigenvalue weighted by molar-refractivity contribution is 7.92. The normalized spacial score (nSPS) is 12.2. The van der Waals surface area contributed by atoms with Crippen molar-refractivity contribution in [3.8, 4) is 6.07 Å². The van der Waals surface area contributed by atoms with Gasteiger partial charge in [0.2, 0.25) is 10.0 Å². The summed E-state index contributed by atoms with van der Waals surface area (Å²) in [5, 5.41) is 26.7. The van der Waals surface area contributed by atoms with Crippen molar-refractivity contribution < 1.29 is 27.1 Å². The lowest BCUT2D eigenvalue weighted by Gasteiger charge is -2.22. The summed E-state index contributed by atoms with van der Waals surface area (Å²) < 4.78 is 54.0. The van der Waals surface area contributed by atoms with Crippen molar-refractivity contribution in [3.63, 3.8) is 0 Å². The highest BCUT2D eigenvalue weighted by atomic mass is 32.2. The van der Waals surface area contributed by atoms with Gasteiger partial charge in [-0.25, -0.2) is 27.2 Å². The van der Waals surface area contributed by atoms with Crippen LogP contribution >= 0.6 is 0 Å². The number of halogens is 2. The summed E-state index contributed by atoms with van der Waals surface area (Å²) in [6.45, 7) is 2.06. The number of nitrogens with zero attached hydrogens (tertiary/aromatic N) is 3. The molecule has 0 saturated heterocycles. The Balaban J connectivity index is 1.94. The highest BCUT2D eigenvalue weighted by Crippen LogP contribution is 2.27. The molecule has 1 aromatic carbocycles. The summed E-state index contributed by atoms with van der Waals surface area (Å²) in [6, 6.07) is 10.3. The molecule has 0 aliphatic rings. The molecule has 3 aromatic rings. The van der Waals surface area contributed by atoms with Crippen LogP contribution in [0.3, 0.4) is 0 Å². The van der Waals surface area contributed by atoms with E-state index in [1.54, 1.807) is 18.2 Å². The molecule has 1 amide bonds. The highest BCUT2D eigenvalue weighted by Gasteiger charge is 2.27. The fourth-order valence-corrected chi connectivity index (χ4v) is 3.63. The van der Waals surface area contributed by atoms with Gasteiger partial charge in [0.25, 0.3) is 5.91 Å². The van der Waals surface area contributed by atoms with Gasteiger partial charge in [-0.05, 0) is 38.1 Å². The van der Waals surface area contributed by atoms with Crippen molar-refractivity contribution >= 4 is 44.6 Å². The van der Waals surface area contributed by atoms with Crippen LogP contribution < -0.4 is 20.7 Å². The third kappa shape index (κ3) is 7.82. The number of benzene rings is 1. The number of anilines is 5. The van der Waals surface area contributed by atoms with Gasteiger partial charge in [0, 0.05) is 24.1 Å². The second kappa shape index (κ2) is 11.4. The van der Waals surface area contributed by atoms with E-state index in [0.717, 1.165) is 18.5 Å². The Morgan fingerprint density at radius 3 is 2.50 bits per heavy atom. The van der Waals surface area contributed by atoms with Crippen molar-refractivity contribution in [2.24, 2.45) is 0 Å². The molecule has 2 aromatic heterocycles. The molecular weight excluding hydrogens is 520 g/mol. The van der Waals surface area contributed by atoms with Crippen LogP contribution in [-0.2, 0) is 10.0 Å². The minimum absolute atomic E-state index is 0.0202. The number of hydrogen-bond donors (Lipinski definition) is 5. The molecule has 0 bridgehead atoms. The molecule has 200 valence electrons. The molecule has 1 atom stereocenters. The fourth-order valence-electron chi connectivity index (χ4n) is 3.08. The SMILES string of the molecule is CC(C)(O)C(F)CNC(=O)c1cnc(Nc2ncc(C#N)cc2F)cc1Nc1cccc(NS(C)(=O)=O)c1. The van der Waals surface area contributed by atoms with Gasteiger partial charge >= 0.3 is 0 Å². The van der Waals surface area contributed by atoms with Gasteiger partial charge < -0.3 is 21.1 Å². The van der Waals surface area contributed by atoms with E-state index in [0.29, 0.717) is 5.69 Å². The van der Waals surface area contributed by atoms with Crippen LogP contribution in [0.2, 0.25) is 0 Å². The summed E-state index contributed by atoms with van der Waals surface area (Å²) in [5.74, 6) is -1.66. The number of aliphatic hydroxyl groups is 1. The quantitative estimate of drug-likeness (QED) is 0.257. The van der Waals surface area contributed by atoms with Crippen LogP contribution in [0.15, 0.2) is 48.8 Å². The first-order chi connectivity index (χ1) is 17.7. The molecule has 0 radical (unpaired) electrons. The predicted molar refractivity (Wildman–Crippen MR) is 138 cm³/mol. The lowest BCUT2D eigenvalue weighted by atomic mass is 10.0. The molecule has 0 aliphatic carbocycles. The van der Waals surface area contributed by atoms with Crippen molar-refractivity contribution in [3.05, 3.63) is 65.7 Å². The number of carbonyl (C=O) groups excluding carboxylic acids is 1. The molecule has 38 heavy (non-hydrogen) atoms. The summed E-state index contributed by atoms with van der Waals surface area (Å²) >= 11 is 0. The Labute approximate surface area is 218 Å². The molecular formula is C24H25F2N7O4S.